The number of aromatic nitrogens is 1. The number of carbonyl (C=O) groups is 2. The molecule has 0 bridgehead atoms. The standard InChI is InChI=1S/C18H31N3O3/c1-12(2)10-15(17(23)24-18(3,4)5)19-11-13-8-9-14(20-13)16(22)21(6)7/h8-9,12,15,19-20H,10-11H2,1-7H3/t15-/m0/s1. The number of carbonyl (C=O) groups excluding carboxylic acids is 2. The topological polar surface area (TPSA) is 74.4 Å². The summed E-state index contributed by atoms with van der Waals surface area (Å²) < 4.78 is 5.49. The Morgan fingerprint density at radius 3 is 2.38 bits per heavy atom. The van der Waals surface area contributed by atoms with Crippen LogP contribution in [0.5, 0.6) is 0 Å². The number of esters is 1. The van der Waals surface area contributed by atoms with Gasteiger partial charge in [-0.2, -0.15) is 0 Å². The van der Waals surface area contributed by atoms with Gasteiger partial charge in [-0.15, -0.1) is 0 Å². The highest BCUT2D eigenvalue weighted by molar-refractivity contribution is 5.92. The lowest BCUT2D eigenvalue weighted by Crippen LogP contribution is -2.41. The maximum absolute atomic E-state index is 12.4. The summed E-state index contributed by atoms with van der Waals surface area (Å²) in [5.74, 6) is 0.0454. The van der Waals surface area contributed by atoms with Gasteiger partial charge in [-0.05, 0) is 45.2 Å². The monoisotopic (exact) mass is 337 g/mol. The van der Waals surface area contributed by atoms with E-state index in [-0.39, 0.29) is 17.9 Å². The molecule has 136 valence electrons. The van der Waals surface area contributed by atoms with Crippen molar-refractivity contribution in [3.8, 4) is 0 Å². The van der Waals surface area contributed by atoms with Crippen molar-refractivity contribution in [3.63, 3.8) is 0 Å². The first-order valence-electron chi connectivity index (χ1n) is 8.35. The molecule has 0 saturated heterocycles. The van der Waals surface area contributed by atoms with E-state index in [1.165, 1.54) is 4.90 Å². The van der Waals surface area contributed by atoms with Crippen LogP contribution in [0.15, 0.2) is 12.1 Å². The largest absolute Gasteiger partial charge is 0.459 e. The van der Waals surface area contributed by atoms with E-state index in [0.717, 1.165) is 5.69 Å². The van der Waals surface area contributed by atoms with Crippen LogP contribution >= 0.6 is 0 Å². The highest BCUT2D eigenvalue weighted by Crippen LogP contribution is 2.13. The van der Waals surface area contributed by atoms with Crippen molar-refractivity contribution in [2.45, 2.75) is 59.2 Å². The number of rotatable bonds is 7. The minimum absolute atomic E-state index is 0.0767. The lowest BCUT2D eigenvalue weighted by molar-refractivity contribution is -0.158. The van der Waals surface area contributed by atoms with Gasteiger partial charge in [0.2, 0.25) is 0 Å². The zero-order chi connectivity index (χ0) is 18.5. The van der Waals surface area contributed by atoms with E-state index in [1.54, 1.807) is 20.2 Å². The summed E-state index contributed by atoms with van der Waals surface area (Å²) in [6, 6.07) is 3.23. The predicted molar refractivity (Wildman–Crippen MR) is 94.7 cm³/mol. The lowest BCUT2D eigenvalue weighted by atomic mass is 10.0. The van der Waals surface area contributed by atoms with Crippen molar-refractivity contribution in [2.24, 2.45) is 5.92 Å². The number of ether oxygens (including phenoxy) is 1. The maximum Gasteiger partial charge on any atom is 0.323 e. The first-order chi connectivity index (χ1) is 11.0. The van der Waals surface area contributed by atoms with Crippen LogP contribution in [0.4, 0.5) is 0 Å². The summed E-state index contributed by atoms with van der Waals surface area (Å²) in [6.07, 6.45) is 0.694. The molecule has 0 aliphatic carbocycles. The highest BCUT2D eigenvalue weighted by Gasteiger charge is 2.25. The Morgan fingerprint density at radius 1 is 1.25 bits per heavy atom. The van der Waals surface area contributed by atoms with Crippen LogP contribution in [0, 0.1) is 5.92 Å². The van der Waals surface area contributed by atoms with Crippen molar-refractivity contribution < 1.29 is 14.3 Å². The molecule has 0 aliphatic heterocycles. The highest BCUT2D eigenvalue weighted by atomic mass is 16.6. The quantitative estimate of drug-likeness (QED) is 0.750. The molecule has 0 saturated carbocycles. The van der Waals surface area contributed by atoms with E-state index in [1.807, 2.05) is 26.8 Å². The molecule has 1 aromatic rings. The normalized spacial score (nSPS) is 13.0. The molecule has 1 amide bonds. The third-order valence-corrected chi connectivity index (χ3v) is 3.32. The van der Waals surface area contributed by atoms with Crippen LogP contribution in [0.2, 0.25) is 0 Å². The fourth-order valence-corrected chi connectivity index (χ4v) is 2.25. The number of H-pyrrole nitrogens is 1. The number of hydrogen-bond acceptors (Lipinski definition) is 4. The first-order valence-corrected chi connectivity index (χ1v) is 8.35. The van der Waals surface area contributed by atoms with Gasteiger partial charge in [0, 0.05) is 26.3 Å². The summed E-state index contributed by atoms with van der Waals surface area (Å²) in [5, 5.41) is 3.24. The van der Waals surface area contributed by atoms with Gasteiger partial charge in [0.15, 0.2) is 0 Å². The summed E-state index contributed by atoms with van der Waals surface area (Å²) in [4.78, 5) is 28.9. The molecule has 2 N–H and O–H groups in total. The Labute approximate surface area is 144 Å². The van der Waals surface area contributed by atoms with Crippen LogP contribution in [0.3, 0.4) is 0 Å². The van der Waals surface area contributed by atoms with Crippen LogP contribution < -0.4 is 5.32 Å². The van der Waals surface area contributed by atoms with E-state index >= 15 is 0 Å². The number of nitrogens with one attached hydrogen (secondary N) is 2. The smallest absolute Gasteiger partial charge is 0.323 e. The van der Waals surface area contributed by atoms with Crippen LogP contribution in [0.25, 0.3) is 0 Å². The Hall–Kier alpha value is -1.82. The second-order valence-electron chi connectivity index (χ2n) is 7.69. The van der Waals surface area contributed by atoms with Crippen molar-refractivity contribution >= 4 is 11.9 Å². The molecule has 1 aromatic heterocycles. The predicted octanol–water partition coefficient (Wildman–Crippen LogP) is 2.56. The molecule has 6 nitrogen and oxygen atoms in total. The van der Waals surface area contributed by atoms with Crippen molar-refractivity contribution in [2.75, 3.05) is 14.1 Å². The van der Waals surface area contributed by atoms with Gasteiger partial charge in [0.25, 0.3) is 5.91 Å². The molecule has 0 aromatic carbocycles. The molecular weight excluding hydrogens is 306 g/mol. The first kappa shape index (κ1) is 20.2. The molecule has 24 heavy (non-hydrogen) atoms. The van der Waals surface area contributed by atoms with Crippen molar-refractivity contribution in [1.82, 2.24) is 15.2 Å². The van der Waals surface area contributed by atoms with E-state index in [2.05, 4.69) is 24.1 Å². The Morgan fingerprint density at radius 2 is 1.88 bits per heavy atom. The molecule has 0 fully saturated rings. The van der Waals surface area contributed by atoms with Gasteiger partial charge >= 0.3 is 5.97 Å². The Kier molecular flexibility index (Phi) is 7.02. The van der Waals surface area contributed by atoms with Gasteiger partial charge in [-0.25, -0.2) is 0 Å². The molecule has 6 heteroatoms. The number of aromatic amines is 1. The average Bonchev–Trinajstić information content (AvgIpc) is 2.88. The molecule has 0 spiro atoms. The molecule has 0 radical (unpaired) electrons. The molecule has 1 heterocycles. The minimum Gasteiger partial charge on any atom is -0.459 e. The molecular formula is C18H31N3O3. The molecule has 1 atom stereocenters. The SMILES string of the molecule is CC(C)C[C@H](NCc1ccc(C(=O)N(C)C)[nH]1)C(=O)OC(C)(C)C. The Balaban J connectivity index is 2.71. The fraction of sp³-hybridized carbons (Fsp3) is 0.667. The minimum atomic E-state index is -0.508. The number of amides is 1. The molecule has 0 aliphatic rings. The van der Waals surface area contributed by atoms with Gasteiger partial charge in [0.1, 0.15) is 17.3 Å². The second kappa shape index (κ2) is 8.33. The van der Waals surface area contributed by atoms with E-state index in [0.29, 0.717) is 24.6 Å². The van der Waals surface area contributed by atoms with Gasteiger partial charge in [-0.3, -0.25) is 14.9 Å². The zero-order valence-corrected chi connectivity index (χ0v) is 15.9. The molecule has 0 unspecified atom stereocenters. The summed E-state index contributed by atoms with van der Waals surface area (Å²) >= 11 is 0. The maximum atomic E-state index is 12.4. The van der Waals surface area contributed by atoms with Crippen LogP contribution in [-0.2, 0) is 16.1 Å². The van der Waals surface area contributed by atoms with Gasteiger partial charge in [0.05, 0.1) is 0 Å². The average molecular weight is 337 g/mol. The third kappa shape index (κ3) is 6.74. The van der Waals surface area contributed by atoms with E-state index in [9.17, 15) is 9.59 Å². The molecule has 1 rings (SSSR count). The third-order valence-electron chi connectivity index (χ3n) is 3.32. The lowest BCUT2D eigenvalue weighted by Gasteiger charge is -2.25. The number of nitrogens with zero attached hydrogens (tertiary/aromatic N) is 1. The van der Waals surface area contributed by atoms with Gasteiger partial charge < -0.3 is 14.6 Å². The zero-order valence-electron chi connectivity index (χ0n) is 15.9. The summed E-state index contributed by atoms with van der Waals surface area (Å²) in [5.41, 5.74) is 0.887. The van der Waals surface area contributed by atoms with Gasteiger partial charge in [-0.1, -0.05) is 13.8 Å². The van der Waals surface area contributed by atoms with Crippen LogP contribution in [0.1, 0.15) is 57.2 Å². The van der Waals surface area contributed by atoms with E-state index in [4.69, 9.17) is 4.74 Å². The summed E-state index contributed by atoms with van der Waals surface area (Å²) in [7, 11) is 3.42. The number of hydrogen-bond donors (Lipinski definition) is 2. The Bertz CT molecular complexity index is 556. The van der Waals surface area contributed by atoms with Crippen molar-refractivity contribution in [1.29, 1.82) is 0 Å². The summed E-state index contributed by atoms with van der Waals surface area (Å²) in [6.45, 7) is 10.2. The second-order valence-corrected chi connectivity index (χ2v) is 7.69. The van der Waals surface area contributed by atoms with E-state index < -0.39 is 5.60 Å². The fourth-order valence-electron chi connectivity index (χ4n) is 2.25. The van der Waals surface area contributed by atoms with Crippen molar-refractivity contribution in [3.05, 3.63) is 23.5 Å². The van der Waals surface area contributed by atoms with Crippen LogP contribution in [-0.4, -0.2) is 47.5 Å².